The molecule has 248 valence electrons. The lowest BCUT2D eigenvalue weighted by atomic mass is 10.1. The molecule has 0 unspecified atom stereocenters. The third kappa shape index (κ3) is 7.88. The van der Waals surface area contributed by atoms with Crippen LogP contribution in [0.2, 0.25) is 5.02 Å². The van der Waals surface area contributed by atoms with Crippen molar-refractivity contribution in [2.24, 2.45) is 5.73 Å². The Morgan fingerprint density at radius 3 is 1.67 bits per heavy atom. The van der Waals surface area contributed by atoms with E-state index >= 15 is 0 Å². The molecule has 0 amide bonds. The predicted octanol–water partition coefficient (Wildman–Crippen LogP) is 7.01. The second-order valence-corrected chi connectivity index (χ2v) is 14.1. The van der Waals surface area contributed by atoms with Crippen LogP contribution in [0.5, 0.6) is 0 Å². The summed E-state index contributed by atoms with van der Waals surface area (Å²) in [5.41, 5.74) is 13.3. The third-order valence-electron chi connectivity index (χ3n) is 8.70. The molecular formula is C38H41ClN6O2S. The Morgan fingerprint density at radius 1 is 0.646 bits per heavy atom. The zero-order valence-electron chi connectivity index (χ0n) is 26.9. The molecule has 0 saturated heterocycles. The first-order valence-electron chi connectivity index (χ1n) is 16.5. The predicted molar refractivity (Wildman–Crippen MR) is 195 cm³/mol. The summed E-state index contributed by atoms with van der Waals surface area (Å²) in [4.78, 5) is 14.0. The van der Waals surface area contributed by atoms with E-state index in [4.69, 9.17) is 17.3 Å². The Bertz CT molecular complexity index is 1840. The maximum absolute atomic E-state index is 12.5. The highest BCUT2D eigenvalue weighted by atomic mass is 35.5. The van der Waals surface area contributed by atoms with Crippen LogP contribution in [-0.4, -0.2) is 44.6 Å². The highest BCUT2D eigenvalue weighted by Gasteiger charge is 2.22. The first-order valence-corrected chi connectivity index (χ1v) is 18.3. The van der Waals surface area contributed by atoms with E-state index in [1.165, 1.54) is 40.1 Å². The van der Waals surface area contributed by atoms with E-state index in [1.807, 2.05) is 30.6 Å². The lowest BCUT2D eigenvalue weighted by Gasteiger charge is -2.25. The molecule has 4 heterocycles. The molecule has 2 aliphatic rings. The molecule has 5 aromatic rings. The van der Waals surface area contributed by atoms with Gasteiger partial charge in [0.25, 0.3) is 0 Å². The summed E-state index contributed by atoms with van der Waals surface area (Å²) in [5.74, 6) is 2.05. The van der Waals surface area contributed by atoms with Crippen LogP contribution in [0.4, 0.5) is 23.0 Å². The van der Waals surface area contributed by atoms with Crippen molar-refractivity contribution in [3.8, 4) is 0 Å². The lowest BCUT2D eigenvalue weighted by Crippen LogP contribution is -2.28. The average Bonchev–Trinajstić information content (AvgIpc) is 3.38. The molecule has 10 heteroatoms. The molecule has 8 nitrogen and oxygen atoms in total. The van der Waals surface area contributed by atoms with Crippen LogP contribution in [0.25, 0.3) is 0 Å². The molecule has 0 radical (unpaired) electrons. The van der Waals surface area contributed by atoms with Crippen molar-refractivity contribution >= 4 is 44.6 Å². The zero-order valence-corrected chi connectivity index (χ0v) is 28.5. The second kappa shape index (κ2) is 15.7. The number of hydrogen-bond acceptors (Lipinski definition) is 7. The minimum absolute atomic E-state index is 0.217. The van der Waals surface area contributed by atoms with Gasteiger partial charge in [0.05, 0.1) is 4.90 Å². The van der Waals surface area contributed by atoms with Gasteiger partial charge in [-0.2, -0.15) is 0 Å². The van der Waals surface area contributed by atoms with Gasteiger partial charge in [0, 0.05) is 48.4 Å². The number of nitrogens with zero attached hydrogens (tertiary/aromatic N) is 4. The number of anilines is 4. The van der Waals surface area contributed by atoms with Crippen LogP contribution < -0.4 is 20.3 Å². The Hall–Kier alpha value is -4.28. The number of halogens is 1. The van der Waals surface area contributed by atoms with Crippen molar-refractivity contribution in [1.29, 1.82) is 0 Å². The molecule has 2 aromatic heterocycles. The SMILES string of the molecule is NCCCN1c2ccccc2CCc2cccnc21.O=S(=O)(NCCCN1c2ccccc2CCc2cccnc21)c1ccc(Cl)cc1. The fourth-order valence-corrected chi connectivity index (χ4v) is 7.52. The number of benzene rings is 3. The van der Waals surface area contributed by atoms with Crippen molar-refractivity contribution in [3.05, 3.63) is 137 Å². The fourth-order valence-electron chi connectivity index (χ4n) is 6.32. The first-order chi connectivity index (χ1) is 23.4. The van der Waals surface area contributed by atoms with Crippen molar-refractivity contribution in [2.75, 3.05) is 36.0 Å². The molecule has 0 fully saturated rings. The Balaban J connectivity index is 0.000000182. The number of pyridine rings is 2. The molecule has 48 heavy (non-hydrogen) atoms. The highest BCUT2D eigenvalue weighted by molar-refractivity contribution is 7.89. The van der Waals surface area contributed by atoms with Crippen molar-refractivity contribution in [2.45, 2.75) is 43.4 Å². The summed E-state index contributed by atoms with van der Waals surface area (Å²) >= 11 is 5.84. The van der Waals surface area contributed by atoms with Gasteiger partial charge in [-0.1, -0.05) is 60.1 Å². The molecule has 2 aliphatic heterocycles. The highest BCUT2D eigenvalue weighted by Crippen LogP contribution is 2.35. The quantitative estimate of drug-likeness (QED) is 0.162. The van der Waals surface area contributed by atoms with E-state index in [0.717, 1.165) is 56.0 Å². The van der Waals surface area contributed by atoms with E-state index in [2.05, 4.69) is 79.1 Å². The van der Waals surface area contributed by atoms with Crippen LogP contribution >= 0.6 is 11.6 Å². The standard InChI is InChI=1S/C22H22ClN3O2S.C16H19N3/c23-19-10-12-20(13-11-19)29(27,28)25-15-4-16-26-21-7-2-1-5-17(21)8-9-18-6-3-14-24-22(18)26;17-10-4-12-19-15-7-2-1-5-13(15)8-9-14-6-3-11-18-16(14)19/h1-3,5-7,10-14,25H,4,8-9,15-16H2;1-3,5-7,11H,4,8-10,12,17H2. The van der Waals surface area contributed by atoms with Crippen LogP contribution in [0.3, 0.4) is 0 Å². The van der Waals surface area contributed by atoms with Gasteiger partial charge in [-0.05, 0) is 116 Å². The Labute approximate surface area is 288 Å². The molecule has 0 saturated carbocycles. The van der Waals surface area contributed by atoms with E-state index in [9.17, 15) is 8.42 Å². The van der Waals surface area contributed by atoms with Gasteiger partial charge in [0.15, 0.2) is 0 Å². The number of nitrogens with two attached hydrogens (primary N) is 1. The largest absolute Gasteiger partial charge is 0.330 e. The number of rotatable bonds is 9. The number of aromatic nitrogens is 2. The zero-order chi connectivity index (χ0) is 33.3. The van der Waals surface area contributed by atoms with Gasteiger partial charge in [0.2, 0.25) is 10.0 Å². The van der Waals surface area contributed by atoms with Gasteiger partial charge < -0.3 is 15.5 Å². The minimum atomic E-state index is -3.55. The third-order valence-corrected chi connectivity index (χ3v) is 10.4. The fraction of sp³-hybridized carbons (Fsp3) is 0.263. The molecule has 0 aliphatic carbocycles. The molecule has 0 spiro atoms. The summed E-state index contributed by atoms with van der Waals surface area (Å²) in [7, 11) is -3.55. The van der Waals surface area contributed by atoms with Gasteiger partial charge in [-0.25, -0.2) is 23.1 Å². The summed E-state index contributed by atoms with van der Waals surface area (Å²) in [6, 6.07) is 31.4. The van der Waals surface area contributed by atoms with Crippen LogP contribution in [0.1, 0.15) is 35.1 Å². The number of sulfonamides is 1. The van der Waals surface area contributed by atoms with Crippen molar-refractivity contribution in [1.82, 2.24) is 14.7 Å². The molecule has 0 bridgehead atoms. The van der Waals surface area contributed by atoms with Gasteiger partial charge >= 0.3 is 0 Å². The number of nitrogens with one attached hydrogen (secondary N) is 1. The molecule has 7 rings (SSSR count). The Morgan fingerprint density at radius 2 is 1.12 bits per heavy atom. The molecule has 3 aromatic carbocycles. The maximum Gasteiger partial charge on any atom is 0.240 e. The van der Waals surface area contributed by atoms with Crippen molar-refractivity contribution in [3.63, 3.8) is 0 Å². The van der Waals surface area contributed by atoms with Crippen LogP contribution in [-0.2, 0) is 35.7 Å². The van der Waals surface area contributed by atoms with E-state index in [-0.39, 0.29) is 4.90 Å². The smallest absolute Gasteiger partial charge is 0.240 e. The van der Waals surface area contributed by atoms with E-state index in [1.54, 1.807) is 12.1 Å². The van der Waals surface area contributed by atoms with E-state index < -0.39 is 10.0 Å². The van der Waals surface area contributed by atoms with Gasteiger partial charge in [0.1, 0.15) is 11.6 Å². The lowest BCUT2D eigenvalue weighted by molar-refractivity contribution is 0.579. The maximum atomic E-state index is 12.5. The number of fused-ring (bicyclic) bond motifs is 4. The van der Waals surface area contributed by atoms with Crippen molar-refractivity contribution < 1.29 is 8.42 Å². The average molecular weight is 681 g/mol. The summed E-state index contributed by atoms with van der Waals surface area (Å²) in [6.45, 7) is 2.65. The molecular weight excluding hydrogens is 640 g/mol. The number of para-hydroxylation sites is 2. The van der Waals surface area contributed by atoms with Crippen LogP contribution in [0.15, 0.2) is 114 Å². The normalized spacial score (nSPS) is 13.5. The molecule has 0 atom stereocenters. The number of hydrogen-bond donors (Lipinski definition) is 2. The molecule has 3 N–H and O–H groups in total. The Kier molecular flexibility index (Phi) is 11.0. The minimum Gasteiger partial charge on any atom is -0.330 e. The summed E-state index contributed by atoms with van der Waals surface area (Å²) < 4.78 is 27.6. The topological polar surface area (TPSA) is 104 Å². The summed E-state index contributed by atoms with van der Waals surface area (Å²) in [6.07, 6.45) is 9.36. The monoisotopic (exact) mass is 680 g/mol. The van der Waals surface area contributed by atoms with Gasteiger partial charge in [-0.3, -0.25) is 0 Å². The summed E-state index contributed by atoms with van der Waals surface area (Å²) in [5, 5.41) is 0.509. The van der Waals surface area contributed by atoms with E-state index in [0.29, 0.717) is 31.1 Å². The first kappa shape index (κ1) is 33.6. The van der Waals surface area contributed by atoms with Gasteiger partial charge in [-0.15, -0.1) is 0 Å². The second-order valence-electron chi connectivity index (χ2n) is 11.9. The number of aryl methyl sites for hydroxylation is 4. The van der Waals surface area contributed by atoms with Crippen LogP contribution in [0, 0.1) is 0 Å².